The molecule has 2 aromatic carbocycles. The first-order valence-electron chi connectivity index (χ1n) is 8.09. The van der Waals surface area contributed by atoms with Gasteiger partial charge in [0.1, 0.15) is 5.75 Å². The number of aryl methyl sites for hydroxylation is 2. The summed E-state index contributed by atoms with van der Waals surface area (Å²) in [6, 6.07) is 12.3. The second-order valence-electron chi connectivity index (χ2n) is 6.63. The van der Waals surface area contributed by atoms with Crippen molar-refractivity contribution in [2.24, 2.45) is 0 Å². The molecule has 3 N–H and O–H groups in total. The highest BCUT2D eigenvalue weighted by atomic mass is 16.3. The van der Waals surface area contributed by atoms with Gasteiger partial charge in [-0.15, -0.1) is 0 Å². The van der Waals surface area contributed by atoms with Crippen LogP contribution in [0.5, 0.6) is 5.75 Å². The third kappa shape index (κ3) is 3.62. The van der Waals surface area contributed by atoms with E-state index in [1.54, 1.807) is 0 Å². The van der Waals surface area contributed by atoms with Gasteiger partial charge in [-0.1, -0.05) is 58.0 Å². The Morgan fingerprint density at radius 2 is 1.45 bits per heavy atom. The summed E-state index contributed by atoms with van der Waals surface area (Å²) in [5.41, 5.74) is 11.4. The number of rotatable bonds is 5. The molecule has 2 nitrogen and oxygen atoms in total. The summed E-state index contributed by atoms with van der Waals surface area (Å²) in [5.74, 6) is 1.10. The van der Waals surface area contributed by atoms with E-state index in [-0.39, 0.29) is 0 Å². The minimum absolute atomic E-state index is 0.319. The summed E-state index contributed by atoms with van der Waals surface area (Å²) in [6.07, 6.45) is 1.86. The van der Waals surface area contributed by atoms with Gasteiger partial charge in [0.05, 0.1) is 0 Å². The average molecular weight is 297 g/mol. The predicted octanol–water partition coefficient (Wildman–Crippen LogP) is 5.01. The topological polar surface area (TPSA) is 46.2 Å². The molecule has 0 aliphatic heterocycles. The van der Waals surface area contributed by atoms with Crippen LogP contribution >= 0.6 is 0 Å². The second kappa shape index (κ2) is 6.87. The smallest absolute Gasteiger partial charge is 0.122 e. The molecule has 2 aromatic rings. The lowest BCUT2D eigenvalue weighted by atomic mass is 9.90. The van der Waals surface area contributed by atoms with E-state index in [1.165, 1.54) is 11.1 Å². The minimum Gasteiger partial charge on any atom is -0.507 e. The van der Waals surface area contributed by atoms with Crippen LogP contribution in [-0.4, -0.2) is 5.11 Å². The minimum atomic E-state index is 0.319. The lowest BCUT2D eigenvalue weighted by Crippen LogP contribution is -2.01. The predicted molar refractivity (Wildman–Crippen MR) is 94.5 cm³/mol. The highest BCUT2D eigenvalue weighted by Crippen LogP contribution is 2.35. The maximum Gasteiger partial charge on any atom is 0.122 e. The molecule has 118 valence electrons. The first-order valence-corrected chi connectivity index (χ1v) is 8.09. The standard InChI is InChI=1S/C20H27NO/c1-13(2)17-11-15(12-18(14(3)4)20(17)22)9-10-16-7-5-6-8-19(16)21/h5-8,11-14,22H,9-10,21H2,1-4H3. The molecule has 0 amide bonds. The molecule has 0 aromatic heterocycles. The molecular formula is C20H27NO. The number of hydrogen-bond donors (Lipinski definition) is 2. The molecule has 22 heavy (non-hydrogen) atoms. The Labute approximate surface area is 134 Å². The van der Waals surface area contributed by atoms with Crippen molar-refractivity contribution in [2.45, 2.75) is 52.4 Å². The molecule has 0 fully saturated rings. The fraction of sp³-hybridized carbons (Fsp3) is 0.400. The van der Waals surface area contributed by atoms with E-state index < -0.39 is 0 Å². The number of nitrogens with two attached hydrogens (primary N) is 1. The van der Waals surface area contributed by atoms with Crippen LogP contribution in [-0.2, 0) is 12.8 Å². The van der Waals surface area contributed by atoms with Crippen LogP contribution < -0.4 is 5.73 Å². The van der Waals surface area contributed by atoms with Crippen LogP contribution in [0.4, 0.5) is 5.69 Å². The van der Waals surface area contributed by atoms with Gasteiger partial charge in [0.25, 0.3) is 0 Å². The Bertz CT molecular complexity index is 615. The van der Waals surface area contributed by atoms with Gasteiger partial charge in [0.15, 0.2) is 0 Å². The molecule has 0 unspecified atom stereocenters. The maximum absolute atomic E-state index is 10.5. The lowest BCUT2D eigenvalue weighted by Gasteiger charge is -2.17. The van der Waals surface area contributed by atoms with Crippen molar-refractivity contribution in [1.82, 2.24) is 0 Å². The summed E-state index contributed by atoms with van der Waals surface area (Å²) in [7, 11) is 0. The van der Waals surface area contributed by atoms with E-state index in [9.17, 15) is 5.11 Å². The number of hydrogen-bond acceptors (Lipinski definition) is 2. The van der Waals surface area contributed by atoms with E-state index in [2.05, 4.69) is 45.9 Å². The van der Waals surface area contributed by atoms with Crippen molar-refractivity contribution in [1.29, 1.82) is 0 Å². The Kier molecular flexibility index (Phi) is 5.12. The average Bonchev–Trinajstić information content (AvgIpc) is 2.47. The van der Waals surface area contributed by atoms with Crippen LogP contribution in [0, 0.1) is 0 Å². The van der Waals surface area contributed by atoms with Gasteiger partial charge in [-0.25, -0.2) is 0 Å². The van der Waals surface area contributed by atoms with Crippen LogP contribution in [0.25, 0.3) is 0 Å². The van der Waals surface area contributed by atoms with E-state index in [1.807, 2.05) is 18.2 Å². The summed E-state index contributed by atoms with van der Waals surface area (Å²) >= 11 is 0. The highest BCUT2D eigenvalue weighted by molar-refractivity contribution is 5.49. The molecule has 0 atom stereocenters. The second-order valence-corrected chi connectivity index (χ2v) is 6.63. The molecule has 0 radical (unpaired) electrons. The van der Waals surface area contributed by atoms with Crippen molar-refractivity contribution in [3.63, 3.8) is 0 Å². The van der Waals surface area contributed by atoms with Crippen molar-refractivity contribution in [2.75, 3.05) is 5.73 Å². The van der Waals surface area contributed by atoms with Gasteiger partial charge in [-0.2, -0.15) is 0 Å². The molecule has 0 saturated heterocycles. The molecule has 0 saturated carbocycles. The third-order valence-corrected chi connectivity index (χ3v) is 4.21. The Morgan fingerprint density at radius 3 is 1.95 bits per heavy atom. The van der Waals surface area contributed by atoms with Crippen molar-refractivity contribution >= 4 is 5.69 Å². The van der Waals surface area contributed by atoms with Crippen molar-refractivity contribution < 1.29 is 5.11 Å². The zero-order valence-corrected chi connectivity index (χ0v) is 14.1. The van der Waals surface area contributed by atoms with E-state index in [0.717, 1.165) is 29.7 Å². The molecular weight excluding hydrogens is 270 g/mol. The summed E-state index contributed by atoms with van der Waals surface area (Å²) in [5, 5.41) is 10.5. The van der Waals surface area contributed by atoms with Crippen LogP contribution in [0.1, 0.15) is 61.8 Å². The molecule has 0 bridgehead atoms. The lowest BCUT2D eigenvalue weighted by molar-refractivity contribution is 0.454. The van der Waals surface area contributed by atoms with Crippen molar-refractivity contribution in [3.8, 4) is 5.75 Å². The molecule has 0 heterocycles. The molecule has 0 aliphatic rings. The monoisotopic (exact) mass is 297 g/mol. The van der Waals surface area contributed by atoms with E-state index in [0.29, 0.717) is 17.6 Å². The fourth-order valence-corrected chi connectivity index (χ4v) is 2.81. The Hall–Kier alpha value is -1.96. The van der Waals surface area contributed by atoms with Gasteiger partial charge in [0, 0.05) is 5.69 Å². The van der Waals surface area contributed by atoms with Gasteiger partial charge < -0.3 is 10.8 Å². The number of phenols is 1. The van der Waals surface area contributed by atoms with Crippen LogP contribution in [0.3, 0.4) is 0 Å². The quantitative estimate of drug-likeness (QED) is 0.762. The van der Waals surface area contributed by atoms with Gasteiger partial charge in [-0.3, -0.25) is 0 Å². The third-order valence-electron chi connectivity index (χ3n) is 4.21. The molecule has 2 heteroatoms. The maximum atomic E-state index is 10.5. The molecule has 0 aliphatic carbocycles. The first kappa shape index (κ1) is 16.4. The number of para-hydroxylation sites is 1. The fourth-order valence-electron chi connectivity index (χ4n) is 2.81. The summed E-state index contributed by atoms with van der Waals surface area (Å²) < 4.78 is 0. The van der Waals surface area contributed by atoms with Gasteiger partial charge in [0.2, 0.25) is 0 Å². The number of aromatic hydroxyl groups is 1. The number of benzene rings is 2. The first-order chi connectivity index (χ1) is 10.4. The Morgan fingerprint density at radius 1 is 0.909 bits per heavy atom. The van der Waals surface area contributed by atoms with Gasteiger partial charge in [-0.05, 0) is 53.0 Å². The van der Waals surface area contributed by atoms with Crippen LogP contribution in [0.2, 0.25) is 0 Å². The zero-order chi connectivity index (χ0) is 16.3. The number of nitrogen functional groups attached to an aromatic ring is 1. The molecule has 2 rings (SSSR count). The summed E-state index contributed by atoms with van der Waals surface area (Å²) in [6.45, 7) is 8.49. The van der Waals surface area contributed by atoms with Crippen LogP contribution in [0.15, 0.2) is 36.4 Å². The highest BCUT2D eigenvalue weighted by Gasteiger charge is 2.15. The zero-order valence-electron chi connectivity index (χ0n) is 14.1. The number of phenolic OH excluding ortho intramolecular Hbond substituents is 1. The van der Waals surface area contributed by atoms with Crippen molar-refractivity contribution in [3.05, 3.63) is 58.7 Å². The Balaban J connectivity index is 2.29. The van der Waals surface area contributed by atoms with E-state index >= 15 is 0 Å². The normalized spacial score (nSPS) is 11.4. The van der Waals surface area contributed by atoms with E-state index in [4.69, 9.17) is 5.73 Å². The van der Waals surface area contributed by atoms with Gasteiger partial charge >= 0.3 is 0 Å². The number of anilines is 1. The molecule has 0 spiro atoms. The summed E-state index contributed by atoms with van der Waals surface area (Å²) in [4.78, 5) is 0. The SMILES string of the molecule is CC(C)c1cc(CCc2ccccc2N)cc(C(C)C)c1O. The largest absolute Gasteiger partial charge is 0.507 e.